The van der Waals surface area contributed by atoms with Crippen LogP contribution in [0.1, 0.15) is 11.3 Å². The lowest BCUT2D eigenvalue weighted by Crippen LogP contribution is -1.96. The highest BCUT2D eigenvalue weighted by atomic mass is 16.5. The largest absolute Gasteiger partial charge is 0.497 e. The van der Waals surface area contributed by atoms with Crippen LogP contribution in [0.5, 0.6) is 11.5 Å². The van der Waals surface area contributed by atoms with E-state index in [4.69, 9.17) is 9.47 Å². The van der Waals surface area contributed by atoms with Crippen LogP contribution in [-0.2, 0) is 7.05 Å². The van der Waals surface area contributed by atoms with E-state index in [0.29, 0.717) is 22.8 Å². The first kappa shape index (κ1) is 19.2. The minimum atomic E-state index is 0.634. The summed E-state index contributed by atoms with van der Waals surface area (Å²) in [4.78, 5) is 9.06. The van der Waals surface area contributed by atoms with Crippen molar-refractivity contribution in [1.29, 1.82) is 5.26 Å². The highest BCUT2D eigenvalue weighted by molar-refractivity contribution is 5.88. The molecule has 0 atom stereocenters. The fourth-order valence-corrected chi connectivity index (χ4v) is 3.24. The van der Waals surface area contributed by atoms with E-state index in [0.717, 1.165) is 27.6 Å². The molecule has 0 unspecified atom stereocenters. The molecule has 0 bridgehead atoms. The first-order valence-corrected chi connectivity index (χ1v) is 9.19. The molecule has 30 heavy (non-hydrogen) atoms. The van der Waals surface area contributed by atoms with Crippen molar-refractivity contribution >= 4 is 16.5 Å². The van der Waals surface area contributed by atoms with Gasteiger partial charge in [-0.2, -0.15) is 10.4 Å². The Balaban J connectivity index is 1.83. The zero-order chi connectivity index (χ0) is 21.1. The molecule has 0 aliphatic rings. The van der Waals surface area contributed by atoms with Crippen LogP contribution >= 0.6 is 0 Å². The van der Waals surface area contributed by atoms with E-state index in [1.807, 2.05) is 37.5 Å². The maximum atomic E-state index is 9.38. The van der Waals surface area contributed by atoms with Crippen molar-refractivity contribution < 1.29 is 9.47 Å². The second-order valence-corrected chi connectivity index (χ2v) is 6.68. The average Bonchev–Trinajstić information content (AvgIpc) is 3.22. The van der Waals surface area contributed by atoms with Crippen molar-refractivity contribution in [2.24, 2.45) is 7.05 Å². The fourth-order valence-electron chi connectivity index (χ4n) is 3.24. The summed E-state index contributed by atoms with van der Waals surface area (Å²) in [5.41, 5.74) is 4.81. The molecule has 0 amide bonds. The van der Waals surface area contributed by atoms with Gasteiger partial charge >= 0.3 is 0 Å². The number of nitrogens with zero attached hydrogens (tertiary/aromatic N) is 5. The SMILES string of the molecule is COc1cc(OC)cc(/C(=C\C#N)c2cc3cc(-c4cnn(C)c4)cnc3cn2)c1. The normalized spacial score (nSPS) is 11.3. The van der Waals surface area contributed by atoms with E-state index in [1.54, 1.807) is 43.6 Å². The minimum absolute atomic E-state index is 0.634. The summed E-state index contributed by atoms with van der Waals surface area (Å²) in [5, 5.41) is 14.5. The predicted octanol–water partition coefficient (Wildman–Crippen LogP) is 4.00. The van der Waals surface area contributed by atoms with Crippen LogP contribution in [0.15, 0.2) is 61.2 Å². The summed E-state index contributed by atoms with van der Waals surface area (Å²) in [7, 11) is 5.06. The summed E-state index contributed by atoms with van der Waals surface area (Å²) >= 11 is 0. The van der Waals surface area contributed by atoms with E-state index in [9.17, 15) is 5.26 Å². The number of fused-ring (bicyclic) bond motifs is 1. The predicted molar refractivity (Wildman–Crippen MR) is 114 cm³/mol. The zero-order valence-electron chi connectivity index (χ0n) is 16.8. The van der Waals surface area contributed by atoms with Crippen molar-refractivity contribution in [3.8, 4) is 28.7 Å². The molecule has 148 valence electrons. The summed E-state index contributed by atoms with van der Waals surface area (Å²) in [5.74, 6) is 1.27. The number of rotatable bonds is 5. The van der Waals surface area contributed by atoms with Gasteiger partial charge in [0.25, 0.3) is 0 Å². The van der Waals surface area contributed by atoms with Crippen molar-refractivity contribution in [3.63, 3.8) is 0 Å². The topological polar surface area (TPSA) is 85.9 Å². The first-order valence-electron chi connectivity index (χ1n) is 9.19. The summed E-state index contributed by atoms with van der Waals surface area (Å²) in [6.07, 6.45) is 8.73. The smallest absolute Gasteiger partial charge is 0.123 e. The molecular weight excluding hydrogens is 378 g/mol. The average molecular weight is 397 g/mol. The number of ether oxygens (including phenoxy) is 2. The Bertz CT molecular complexity index is 1280. The lowest BCUT2D eigenvalue weighted by atomic mass is 9.99. The number of hydrogen-bond donors (Lipinski definition) is 0. The van der Waals surface area contributed by atoms with Gasteiger partial charge in [-0.3, -0.25) is 14.6 Å². The molecule has 0 saturated carbocycles. The Hall–Kier alpha value is -4.18. The van der Waals surface area contributed by atoms with Gasteiger partial charge in [-0.05, 0) is 29.8 Å². The Labute approximate surface area is 173 Å². The van der Waals surface area contributed by atoms with Gasteiger partial charge < -0.3 is 9.47 Å². The maximum absolute atomic E-state index is 9.38. The highest BCUT2D eigenvalue weighted by Crippen LogP contribution is 2.31. The molecule has 3 heterocycles. The van der Waals surface area contributed by atoms with Crippen LogP contribution in [0.2, 0.25) is 0 Å². The summed E-state index contributed by atoms with van der Waals surface area (Å²) < 4.78 is 12.5. The number of aryl methyl sites for hydroxylation is 1. The Morgan fingerprint density at radius 2 is 1.73 bits per heavy atom. The van der Waals surface area contributed by atoms with Gasteiger partial charge in [-0.25, -0.2) is 0 Å². The van der Waals surface area contributed by atoms with Gasteiger partial charge in [0.2, 0.25) is 0 Å². The van der Waals surface area contributed by atoms with Crippen molar-refractivity contribution in [2.45, 2.75) is 0 Å². The molecule has 3 aromatic heterocycles. The van der Waals surface area contributed by atoms with Gasteiger partial charge in [0, 0.05) is 53.7 Å². The Morgan fingerprint density at radius 1 is 0.967 bits per heavy atom. The lowest BCUT2D eigenvalue weighted by molar-refractivity contribution is 0.394. The molecule has 0 spiro atoms. The molecule has 4 aromatic rings. The minimum Gasteiger partial charge on any atom is -0.497 e. The number of benzene rings is 1. The number of methoxy groups -OCH3 is 2. The third-order valence-electron chi connectivity index (χ3n) is 4.75. The molecule has 4 rings (SSSR count). The van der Waals surface area contributed by atoms with Crippen LogP contribution in [0.3, 0.4) is 0 Å². The molecule has 7 nitrogen and oxygen atoms in total. The zero-order valence-corrected chi connectivity index (χ0v) is 16.8. The molecule has 7 heteroatoms. The molecule has 0 N–H and O–H groups in total. The number of nitriles is 1. The van der Waals surface area contributed by atoms with E-state index in [-0.39, 0.29) is 0 Å². The van der Waals surface area contributed by atoms with Gasteiger partial charge in [0.15, 0.2) is 0 Å². The van der Waals surface area contributed by atoms with Crippen LogP contribution in [-0.4, -0.2) is 34.0 Å². The second kappa shape index (κ2) is 8.05. The monoisotopic (exact) mass is 397 g/mol. The molecule has 0 saturated heterocycles. The van der Waals surface area contributed by atoms with Crippen LogP contribution in [0.4, 0.5) is 0 Å². The molecule has 0 fully saturated rings. The number of pyridine rings is 2. The van der Waals surface area contributed by atoms with Crippen LogP contribution in [0.25, 0.3) is 27.6 Å². The standard InChI is InChI=1S/C23H19N5O2/c1-28-14-18(12-27-28)17-6-16-9-22(26-13-23(16)25-11-17)21(4-5-24)15-7-19(29-2)10-20(8-15)30-3/h4,6-14H,1-3H3/b21-4+. The van der Waals surface area contributed by atoms with E-state index in [1.165, 1.54) is 6.08 Å². The van der Waals surface area contributed by atoms with E-state index >= 15 is 0 Å². The van der Waals surface area contributed by atoms with Crippen LogP contribution in [0, 0.1) is 11.3 Å². The summed E-state index contributed by atoms with van der Waals surface area (Å²) in [6, 6.07) is 11.6. The third kappa shape index (κ3) is 3.71. The second-order valence-electron chi connectivity index (χ2n) is 6.68. The van der Waals surface area contributed by atoms with Crippen LogP contribution < -0.4 is 9.47 Å². The molecule has 0 aliphatic carbocycles. The van der Waals surface area contributed by atoms with Gasteiger partial charge in [-0.1, -0.05) is 0 Å². The quantitative estimate of drug-likeness (QED) is 0.473. The van der Waals surface area contributed by atoms with Gasteiger partial charge in [-0.15, -0.1) is 0 Å². The highest BCUT2D eigenvalue weighted by Gasteiger charge is 2.12. The number of allylic oxidation sites excluding steroid dienone is 1. The van der Waals surface area contributed by atoms with E-state index < -0.39 is 0 Å². The maximum Gasteiger partial charge on any atom is 0.123 e. The molecule has 0 radical (unpaired) electrons. The van der Waals surface area contributed by atoms with Crippen molar-refractivity contribution in [3.05, 3.63) is 72.5 Å². The third-order valence-corrected chi connectivity index (χ3v) is 4.75. The van der Waals surface area contributed by atoms with Crippen molar-refractivity contribution in [2.75, 3.05) is 14.2 Å². The summed E-state index contributed by atoms with van der Waals surface area (Å²) in [6.45, 7) is 0. The Kier molecular flexibility index (Phi) is 5.14. The molecule has 0 aliphatic heterocycles. The first-order chi connectivity index (χ1) is 14.6. The van der Waals surface area contributed by atoms with Crippen molar-refractivity contribution in [1.82, 2.24) is 19.7 Å². The molecule has 1 aromatic carbocycles. The van der Waals surface area contributed by atoms with E-state index in [2.05, 4.69) is 21.1 Å². The van der Waals surface area contributed by atoms with Gasteiger partial charge in [0.05, 0.1) is 43.9 Å². The van der Waals surface area contributed by atoms with Gasteiger partial charge in [0.1, 0.15) is 11.5 Å². The molecular formula is C23H19N5O2. The number of aromatic nitrogens is 4. The number of hydrogen-bond acceptors (Lipinski definition) is 6. The fraction of sp³-hybridized carbons (Fsp3) is 0.130. The Morgan fingerprint density at radius 3 is 2.37 bits per heavy atom. The lowest BCUT2D eigenvalue weighted by Gasteiger charge is -2.11.